The van der Waals surface area contributed by atoms with E-state index < -0.39 is 23.2 Å². The van der Waals surface area contributed by atoms with Crippen molar-refractivity contribution in [2.45, 2.75) is 25.6 Å². The number of halogens is 3. The number of hydrogen-bond acceptors (Lipinski definition) is 2. The van der Waals surface area contributed by atoms with E-state index in [-0.39, 0.29) is 5.69 Å². The monoisotopic (exact) mass is 247 g/mol. The lowest BCUT2D eigenvalue weighted by Gasteiger charge is -2.23. The van der Waals surface area contributed by atoms with Gasteiger partial charge in [-0.2, -0.15) is 13.2 Å². The number of carboxylic acid groups (broad SMARTS) is 1. The molecule has 0 fully saturated rings. The minimum Gasteiger partial charge on any atom is -0.480 e. The van der Waals surface area contributed by atoms with Gasteiger partial charge in [0.15, 0.2) is 0 Å². The summed E-state index contributed by atoms with van der Waals surface area (Å²) in [4.78, 5) is 10.8. The zero-order valence-corrected chi connectivity index (χ0v) is 9.30. The summed E-state index contributed by atoms with van der Waals surface area (Å²) in [6, 6.07) is 4.42. The van der Waals surface area contributed by atoms with Crippen molar-refractivity contribution in [3.63, 3.8) is 0 Å². The van der Waals surface area contributed by atoms with E-state index in [1.165, 1.54) is 26.0 Å². The Morgan fingerprint density at radius 1 is 1.29 bits per heavy atom. The Morgan fingerprint density at radius 2 is 1.88 bits per heavy atom. The molecule has 2 N–H and O–H groups in total. The van der Waals surface area contributed by atoms with Crippen LogP contribution in [-0.4, -0.2) is 16.6 Å². The minimum atomic E-state index is -4.44. The van der Waals surface area contributed by atoms with E-state index in [0.29, 0.717) is 0 Å². The highest BCUT2D eigenvalue weighted by Crippen LogP contribution is 2.31. The van der Waals surface area contributed by atoms with E-state index in [2.05, 4.69) is 5.32 Å². The lowest BCUT2D eigenvalue weighted by molar-refractivity contribution is -0.141. The van der Waals surface area contributed by atoms with Crippen LogP contribution < -0.4 is 5.32 Å². The number of carboxylic acids is 1. The van der Waals surface area contributed by atoms with Gasteiger partial charge in [-0.05, 0) is 32.0 Å². The second-order valence-corrected chi connectivity index (χ2v) is 4.13. The first-order valence-corrected chi connectivity index (χ1v) is 4.82. The number of rotatable bonds is 3. The van der Waals surface area contributed by atoms with Gasteiger partial charge in [0, 0.05) is 5.69 Å². The summed E-state index contributed by atoms with van der Waals surface area (Å²) in [5.41, 5.74) is -2.03. The Balaban J connectivity index is 2.98. The molecule has 0 saturated carbocycles. The number of carbonyl (C=O) groups is 1. The molecule has 0 atom stereocenters. The molecule has 0 amide bonds. The average molecular weight is 247 g/mol. The predicted molar refractivity (Wildman–Crippen MR) is 56.8 cm³/mol. The van der Waals surface area contributed by atoms with Gasteiger partial charge in [-0.1, -0.05) is 6.07 Å². The maximum Gasteiger partial charge on any atom is 0.416 e. The van der Waals surface area contributed by atoms with Crippen molar-refractivity contribution in [2.24, 2.45) is 0 Å². The molecule has 0 radical (unpaired) electrons. The fourth-order valence-electron chi connectivity index (χ4n) is 1.19. The van der Waals surface area contributed by atoms with Crippen LogP contribution in [0.2, 0.25) is 0 Å². The number of hydrogen-bond donors (Lipinski definition) is 2. The quantitative estimate of drug-likeness (QED) is 0.863. The number of nitrogens with one attached hydrogen (secondary N) is 1. The number of anilines is 1. The smallest absolute Gasteiger partial charge is 0.416 e. The van der Waals surface area contributed by atoms with E-state index in [0.717, 1.165) is 12.1 Å². The molecule has 0 aliphatic carbocycles. The molecular weight excluding hydrogens is 235 g/mol. The van der Waals surface area contributed by atoms with Crippen LogP contribution in [0.1, 0.15) is 19.4 Å². The topological polar surface area (TPSA) is 49.3 Å². The van der Waals surface area contributed by atoms with Crippen LogP contribution in [0.5, 0.6) is 0 Å². The van der Waals surface area contributed by atoms with E-state index in [4.69, 9.17) is 5.11 Å². The molecule has 0 unspecified atom stereocenters. The Labute approximate surface area is 96.3 Å². The molecule has 0 aromatic heterocycles. The van der Waals surface area contributed by atoms with Crippen LogP contribution >= 0.6 is 0 Å². The number of aliphatic carboxylic acids is 1. The summed E-state index contributed by atoms with van der Waals surface area (Å²) in [5, 5.41) is 11.4. The van der Waals surface area contributed by atoms with Gasteiger partial charge in [-0.3, -0.25) is 0 Å². The maximum absolute atomic E-state index is 12.4. The molecule has 1 aromatic rings. The Bertz CT molecular complexity index is 427. The second-order valence-electron chi connectivity index (χ2n) is 4.13. The van der Waals surface area contributed by atoms with Gasteiger partial charge >= 0.3 is 12.1 Å². The van der Waals surface area contributed by atoms with Gasteiger partial charge in [0.25, 0.3) is 0 Å². The zero-order valence-electron chi connectivity index (χ0n) is 9.30. The maximum atomic E-state index is 12.4. The molecule has 1 aromatic carbocycles. The third-order valence-corrected chi connectivity index (χ3v) is 2.18. The molecule has 17 heavy (non-hydrogen) atoms. The third-order valence-electron chi connectivity index (χ3n) is 2.18. The van der Waals surface area contributed by atoms with Crippen molar-refractivity contribution < 1.29 is 23.1 Å². The van der Waals surface area contributed by atoms with Crippen LogP contribution in [0.4, 0.5) is 18.9 Å². The molecule has 0 aliphatic heterocycles. The molecule has 1 rings (SSSR count). The van der Waals surface area contributed by atoms with Crippen molar-refractivity contribution in [3.8, 4) is 0 Å². The fraction of sp³-hybridized carbons (Fsp3) is 0.364. The third kappa shape index (κ3) is 3.37. The van der Waals surface area contributed by atoms with Crippen molar-refractivity contribution in [1.82, 2.24) is 0 Å². The van der Waals surface area contributed by atoms with E-state index in [1.807, 2.05) is 0 Å². The summed E-state index contributed by atoms with van der Waals surface area (Å²) in [5.74, 6) is -1.14. The lowest BCUT2D eigenvalue weighted by atomic mass is 10.1. The van der Waals surface area contributed by atoms with Gasteiger partial charge in [-0.15, -0.1) is 0 Å². The van der Waals surface area contributed by atoms with Gasteiger partial charge in [-0.25, -0.2) is 4.79 Å². The molecule has 0 bridgehead atoms. The molecule has 94 valence electrons. The molecule has 0 saturated heterocycles. The Hall–Kier alpha value is -1.72. The zero-order chi connectivity index (χ0) is 13.3. The summed E-state index contributed by atoms with van der Waals surface area (Å²) >= 11 is 0. The highest BCUT2D eigenvalue weighted by atomic mass is 19.4. The van der Waals surface area contributed by atoms with Crippen molar-refractivity contribution in [2.75, 3.05) is 5.32 Å². The SMILES string of the molecule is CC(C)(Nc1cccc(C(F)(F)F)c1)C(=O)O. The van der Waals surface area contributed by atoms with Crippen molar-refractivity contribution in [3.05, 3.63) is 29.8 Å². The summed E-state index contributed by atoms with van der Waals surface area (Å²) in [7, 11) is 0. The van der Waals surface area contributed by atoms with Crippen LogP contribution in [0.3, 0.4) is 0 Å². The first-order chi connectivity index (χ1) is 7.63. The Morgan fingerprint density at radius 3 is 2.35 bits per heavy atom. The summed E-state index contributed by atoms with van der Waals surface area (Å²) < 4.78 is 37.2. The molecule has 0 heterocycles. The predicted octanol–water partition coefficient (Wildman–Crippen LogP) is 2.98. The average Bonchev–Trinajstić information content (AvgIpc) is 2.15. The second kappa shape index (κ2) is 4.27. The molecule has 3 nitrogen and oxygen atoms in total. The molecular formula is C11H12F3NO2. The van der Waals surface area contributed by atoms with Crippen LogP contribution in [0.15, 0.2) is 24.3 Å². The Kier molecular flexibility index (Phi) is 3.35. The van der Waals surface area contributed by atoms with E-state index in [9.17, 15) is 18.0 Å². The summed E-state index contributed by atoms with van der Waals surface area (Å²) in [6.07, 6.45) is -4.44. The van der Waals surface area contributed by atoms with Crippen molar-refractivity contribution >= 4 is 11.7 Å². The molecule has 6 heteroatoms. The van der Waals surface area contributed by atoms with Gasteiger partial charge < -0.3 is 10.4 Å². The number of alkyl halides is 3. The van der Waals surface area contributed by atoms with Crippen LogP contribution in [0, 0.1) is 0 Å². The molecule has 0 aliphatic rings. The van der Waals surface area contributed by atoms with E-state index >= 15 is 0 Å². The summed E-state index contributed by atoms with van der Waals surface area (Å²) in [6.45, 7) is 2.74. The number of benzene rings is 1. The normalized spacial score (nSPS) is 12.3. The highest BCUT2D eigenvalue weighted by molar-refractivity contribution is 5.81. The van der Waals surface area contributed by atoms with Crippen LogP contribution in [0.25, 0.3) is 0 Å². The lowest BCUT2D eigenvalue weighted by Crippen LogP contribution is -2.39. The first-order valence-electron chi connectivity index (χ1n) is 4.82. The largest absolute Gasteiger partial charge is 0.480 e. The van der Waals surface area contributed by atoms with Crippen LogP contribution in [-0.2, 0) is 11.0 Å². The minimum absolute atomic E-state index is 0.118. The highest BCUT2D eigenvalue weighted by Gasteiger charge is 2.31. The fourth-order valence-corrected chi connectivity index (χ4v) is 1.19. The van der Waals surface area contributed by atoms with Gasteiger partial charge in [0.1, 0.15) is 5.54 Å². The van der Waals surface area contributed by atoms with Gasteiger partial charge in [0.2, 0.25) is 0 Å². The van der Waals surface area contributed by atoms with Gasteiger partial charge in [0.05, 0.1) is 5.56 Å². The van der Waals surface area contributed by atoms with E-state index in [1.54, 1.807) is 0 Å². The van der Waals surface area contributed by atoms with Crippen molar-refractivity contribution in [1.29, 1.82) is 0 Å². The first kappa shape index (κ1) is 13.3. The standard InChI is InChI=1S/C11H12F3NO2/c1-10(2,9(16)17)15-8-5-3-4-7(6-8)11(12,13)14/h3-6,15H,1-2H3,(H,16,17). The molecule has 0 spiro atoms.